The summed E-state index contributed by atoms with van der Waals surface area (Å²) < 4.78 is 1.78. The maximum atomic E-state index is 10.1. The fourth-order valence-corrected chi connectivity index (χ4v) is 6.89. The zero-order valence-corrected chi connectivity index (χ0v) is 22.2. The lowest BCUT2D eigenvalue weighted by molar-refractivity contribution is -0.00876. The van der Waals surface area contributed by atoms with Gasteiger partial charge in [-0.1, -0.05) is 12.2 Å². The van der Waals surface area contributed by atoms with Gasteiger partial charge in [0, 0.05) is 74.7 Å². The molecule has 200 valence electrons. The largest absolute Gasteiger partial charge is 0.391 e. The van der Waals surface area contributed by atoms with Crippen molar-refractivity contribution < 1.29 is 5.11 Å². The van der Waals surface area contributed by atoms with Crippen LogP contribution < -0.4 is 9.80 Å². The van der Waals surface area contributed by atoms with Crippen LogP contribution in [0.25, 0.3) is 22.7 Å². The summed E-state index contributed by atoms with van der Waals surface area (Å²) in [7, 11) is 0. The first-order valence-electron chi connectivity index (χ1n) is 14.1. The molecule has 4 aromatic rings. The lowest BCUT2D eigenvalue weighted by atomic mass is 9.86. The van der Waals surface area contributed by atoms with E-state index >= 15 is 0 Å². The normalized spacial score (nSPS) is 23.4. The average molecular weight is 531 g/mol. The number of β-amino-alcohol motifs (C(OH)–C–C–N with tert-alkyl or cyclic N) is 1. The van der Waals surface area contributed by atoms with Crippen molar-refractivity contribution in [1.29, 1.82) is 5.26 Å². The maximum absolute atomic E-state index is 10.1. The van der Waals surface area contributed by atoms with Crippen LogP contribution in [0.4, 0.5) is 11.5 Å². The van der Waals surface area contributed by atoms with Crippen molar-refractivity contribution in [1.82, 2.24) is 24.5 Å². The lowest BCUT2D eigenvalue weighted by Gasteiger charge is -2.56. The molecule has 1 aliphatic carbocycles. The van der Waals surface area contributed by atoms with Gasteiger partial charge in [0.05, 0.1) is 41.0 Å². The van der Waals surface area contributed by atoms with Gasteiger partial charge in [-0.2, -0.15) is 10.4 Å². The molecule has 40 heavy (non-hydrogen) atoms. The number of rotatable bonds is 5. The minimum atomic E-state index is -0.318. The number of fused-ring (bicyclic) bond motifs is 4. The van der Waals surface area contributed by atoms with E-state index < -0.39 is 0 Å². The van der Waals surface area contributed by atoms with Crippen LogP contribution in [0.15, 0.2) is 55.1 Å². The second-order valence-corrected chi connectivity index (χ2v) is 11.5. The molecule has 0 amide bonds. The highest BCUT2D eigenvalue weighted by molar-refractivity contribution is 5.86. The van der Waals surface area contributed by atoms with Gasteiger partial charge in [0.15, 0.2) is 0 Å². The van der Waals surface area contributed by atoms with Crippen molar-refractivity contribution in [2.24, 2.45) is 0 Å². The summed E-state index contributed by atoms with van der Waals surface area (Å²) in [5.41, 5.74) is 7.95. The molecule has 0 radical (unpaired) electrons. The molecule has 0 saturated carbocycles. The van der Waals surface area contributed by atoms with E-state index in [0.29, 0.717) is 24.2 Å². The topological polar surface area (TPSA) is 96.8 Å². The number of aromatic nitrogens is 4. The van der Waals surface area contributed by atoms with Gasteiger partial charge in [-0.25, -0.2) is 9.50 Å². The van der Waals surface area contributed by atoms with Crippen LogP contribution in [0.1, 0.15) is 35.2 Å². The molecule has 2 bridgehead atoms. The predicted molar refractivity (Wildman–Crippen MR) is 153 cm³/mol. The molecule has 5 aliphatic rings. The molecule has 4 saturated heterocycles. The quantitative estimate of drug-likeness (QED) is 0.420. The standard InChI is InChI=1S/C31H30N8O/c32-11-23-14-35-39-18-24(36-7-6-27(40)19-36)10-28(31(23)39)22-4-5-30(34-13-22)37-16-25-9-26(17-37)38(25)15-20-8-21-2-1-3-29(21)33-12-20/h1-2,4-5,8,10,12-14,18,25-27,40H,3,6-7,9,15-17,19H2. The van der Waals surface area contributed by atoms with Crippen LogP contribution in [-0.4, -0.2) is 74.0 Å². The smallest absolute Gasteiger partial charge is 0.128 e. The van der Waals surface area contributed by atoms with Gasteiger partial charge in [-0.05, 0) is 48.2 Å². The Morgan fingerprint density at radius 1 is 1.02 bits per heavy atom. The summed E-state index contributed by atoms with van der Waals surface area (Å²) in [6.07, 6.45) is 14.5. The lowest BCUT2D eigenvalue weighted by Crippen LogP contribution is -2.68. The summed E-state index contributed by atoms with van der Waals surface area (Å²) in [6.45, 7) is 4.29. The fraction of sp³-hybridized carbons (Fsp3) is 0.355. The predicted octanol–water partition coefficient (Wildman–Crippen LogP) is 3.27. The number of hydrogen-bond acceptors (Lipinski definition) is 8. The van der Waals surface area contributed by atoms with Crippen LogP contribution in [-0.2, 0) is 13.0 Å². The summed E-state index contributed by atoms with van der Waals surface area (Å²) in [5, 5.41) is 24.3. The number of aliphatic hydroxyl groups is 1. The third kappa shape index (κ3) is 3.86. The molecule has 1 N–H and O–H groups in total. The highest BCUT2D eigenvalue weighted by atomic mass is 16.3. The van der Waals surface area contributed by atoms with Crippen molar-refractivity contribution in [2.75, 3.05) is 36.0 Å². The molecule has 3 unspecified atom stereocenters. The number of piperidine rings is 1. The Bertz CT molecular complexity index is 1670. The number of nitriles is 1. The zero-order chi connectivity index (χ0) is 26.8. The van der Waals surface area contributed by atoms with Crippen molar-refractivity contribution in [2.45, 2.75) is 44.0 Å². The molecule has 4 fully saturated rings. The van der Waals surface area contributed by atoms with Gasteiger partial charge < -0.3 is 14.9 Å². The van der Waals surface area contributed by atoms with Gasteiger partial charge in [0.1, 0.15) is 11.9 Å². The van der Waals surface area contributed by atoms with E-state index in [0.717, 1.165) is 67.2 Å². The molecule has 3 atom stereocenters. The molecule has 4 aromatic heterocycles. The van der Waals surface area contributed by atoms with Crippen molar-refractivity contribution in [3.8, 4) is 17.2 Å². The van der Waals surface area contributed by atoms with Gasteiger partial charge in [0.25, 0.3) is 0 Å². The first kappa shape index (κ1) is 23.6. The molecule has 0 aromatic carbocycles. The zero-order valence-electron chi connectivity index (χ0n) is 22.2. The number of anilines is 2. The van der Waals surface area contributed by atoms with Crippen LogP contribution in [0.3, 0.4) is 0 Å². The summed E-state index contributed by atoms with van der Waals surface area (Å²) in [6, 6.07) is 12.0. The Morgan fingerprint density at radius 3 is 2.70 bits per heavy atom. The summed E-state index contributed by atoms with van der Waals surface area (Å²) in [5.74, 6) is 0.992. The molecule has 0 spiro atoms. The molecular weight excluding hydrogens is 500 g/mol. The average Bonchev–Trinajstić information content (AvgIpc) is 3.75. The molecule has 9 heteroatoms. The maximum Gasteiger partial charge on any atom is 0.128 e. The van der Waals surface area contributed by atoms with Crippen molar-refractivity contribution in [3.63, 3.8) is 0 Å². The first-order chi connectivity index (χ1) is 19.6. The number of piperazine rings is 1. The molecule has 9 nitrogen and oxygen atoms in total. The second kappa shape index (κ2) is 9.15. The monoisotopic (exact) mass is 530 g/mol. The minimum absolute atomic E-state index is 0.318. The number of aliphatic hydroxyl groups excluding tert-OH is 1. The van der Waals surface area contributed by atoms with Gasteiger partial charge in [0.2, 0.25) is 0 Å². The molecule has 8 heterocycles. The number of hydrogen-bond donors (Lipinski definition) is 1. The molecule has 4 aliphatic heterocycles. The van der Waals surface area contributed by atoms with E-state index in [1.54, 1.807) is 10.7 Å². The van der Waals surface area contributed by atoms with Gasteiger partial charge in [-0.3, -0.25) is 9.88 Å². The molecular formula is C31H30N8O. The van der Waals surface area contributed by atoms with Crippen LogP contribution in [0.5, 0.6) is 0 Å². The van der Waals surface area contributed by atoms with E-state index in [2.05, 4.69) is 67.3 Å². The van der Waals surface area contributed by atoms with Gasteiger partial charge in [-0.15, -0.1) is 0 Å². The van der Waals surface area contributed by atoms with Crippen LogP contribution in [0.2, 0.25) is 0 Å². The molecule has 9 rings (SSSR count). The van der Waals surface area contributed by atoms with E-state index in [4.69, 9.17) is 4.98 Å². The summed E-state index contributed by atoms with van der Waals surface area (Å²) in [4.78, 5) is 16.8. The van der Waals surface area contributed by atoms with E-state index in [1.807, 2.05) is 18.6 Å². The van der Waals surface area contributed by atoms with Gasteiger partial charge >= 0.3 is 0 Å². The Kier molecular flexibility index (Phi) is 5.40. The SMILES string of the molecule is N#Cc1cnn2cc(N3CCC(O)C3)cc(-c3ccc(N4CC5CC(C4)N5Cc4cnc5c(c4)C=CC5)nc3)c12. The third-order valence-electron chi connectivity index (χ3n) is 9.01. The van der Waals surface area contributed by atoms with E-state index in [9.17, 15) is 10.4 Å². The third-order valence-corrected chi connectivity index (χ3v) is 9.01. The van der Waals surface area contributed by atoms with E-state index in [1.165, 1.54) is 23.2 Å². The highest BCUT2D eigenvalue weighted by Gasteiger charge is 2.44. The minimum Gasteiger partial charge on any atom is -0.391 e. The number of allylic oxidation sites excluding steroid dienone is 1. The van der Waals surface area contributed by atoms with Crippen molar-refractivity contribution >= 4 is 23.1 Å². The Balaban J connectivity index is 1.02. The van der Waals surface area contributed by atoms with Crippen molar-refractivity contribution in [3.05, 3.63) is 77.5 Å². The Hall–Kier alpha value is -4.26. The summed E-state index contributed by atoms with van der Waals surface area (Å²) >= 11 is 0. The van der Waals surface area contributed by atoms with Crippen LogP contribution in [0, 0.1) is 11.3 Å². The van der Waals surface area contributed by atoms with E-state index in [-0.39, 0.29) is 6.10 Å². The Morgan fingerprint density at radius 2 is 1.93 bits per heavy atom. The van der Waals surface area contributed by atoms with Crippen LogP contribution >= 0.6 is 0 Å². The Labute approximate surface area is 232 Å². The highest BCUT2D eigenvalue weighted by Crippen LogP contribution is 2.37. The number of nitrogens with zero attached hydrogens (tertiary/aromatic N) is 8. The fourth-order valence-electron chi connectivity index (χ4n) is 6.89. The first-order valence-corrected chi connectivity index (χ1v) is 14.1. The number of pyridine rings is 3. The second-order valence-electron chi connectivity index (χ2n) is 11.5.